The average Bonchev–Trinajstić information content (AvgIpc) is 2.53. The molecule has 0 aromatic carbocycles. The van der Waals surface area contributed by atoms with Crippen molar-refractivity contribution in [2.24, 2.45) is 5.41 Å². The van der Waals surface area contributed by atoms with Gasteiger partial charge in [-0.15, -0.1) is 0 Å². The highest BCUT2D eigenvalue weighted by atomic mass is 16.6. The molecule has 0 saturated heterocycles. The van der Waals surface area contributed by atoms with Gasteiger partial charge in [0.25, 0.3) is 0 Å². The van der Waals surface area contributed by atoms with Crippen LogP contribution in [0.2, 0.25) is 0 Å². The molecular weight excluding hydrogens is 414 g/mol. The van der Waals surface area contributed by atoms with E-state index in [1.54, 1.807) is 41.5 Å². The highest BCUT2D eigenvalue weighted by Crippen LogP contribution is 2.19. The molecule has 32 heavy (non-hydrogen) atoms. The SMILES string of the molecule is CCCC(=O)NC[C@H](NC(=O)N[C@@H](CC(=O)OC(C)(C)C)C(=O)OC(C)(C)C)C(C)(C)C. The maximum atomic E-state index is 12.7. The molecule has 0 spiro atoms. The van der Waals surface area contributed by atoms with E-state index in [2.05, 4.69) is 16.0 Å². The molecule has 0 aliphatic heterocycles. The molecule has 0 radical (unpaired) electrons. The van der Waals surface area contributed by atoms with E-state index in [1.807, 2.05) is 27.7 Å². The molecule has 0 aromatic heterocycles. The van der Waals surface area contributed by atoms with E-state index in [0.717, 1.165) is 6.42 Å². The zero-order valence-corrected chi connectivity index (χ0v) is 21.4. The molecular formula is C23H43N3O6. The number of amides is 3. The Hall–Kier alpha value is -2.32. The van der Waals surface area contributed by atoms with Gasteiger partial charge >= 0.3 is 18.0 Å². The predicted octanol–water partition coefficient (Wildman–Crippen LogP) is 3.06. The molecule has 0 aromatic rings. The highest BCUT2D eigenvalue weighted by molar-refractivity contribution is 5.88. The summed E-state index contributed by atoms with van der Waals surface area (Å²) >= 11 is 0. The van der Waals surface area contributed by atoms with Crippen molar-refractivity contribution in [2.75, 3.05) is 6.54 Å². The van der Waals surface area contributed by atoms with Crippen molar-refractivity contribution in [3.8, 4) is 0 Å². The summed E-state index contributed by atoms with van der Waals surface area (Å²) < 4.78 is 10.7. The van der Waals surface area contributed by atoms with E-state index in [-0.39, 0.29) is 24.3 Å². The summed E-state index contributed by atoms with van der Waals surface area (Å²) in [5.41, 5.74) is -1.89. The second kappa shape index (κ2) is 12.1. The summed E-state index contributed by atoms with van der Waals surface area (Å²) in [5, 5.41) is 8.15. The highest BCUT2D eigenvalue weighted by Gasteiger charge is 2.33. The first-order valence-electron chi connectivity index (χ1n) is 11.1. The quantitative estimate of drug-likeness (QED) is 0.457. The molecule has 0 rings (SSSR count). The summed E-state index contributed by atoms with van der Waals surface area (Å²) in [7, 11) is 0. The molecule has 0 unspecified atom stereocenters. The van der Waals surface area contributed by atoms with Gasteiger partial charge in [-0.3, -0.25) is 9.59 Å². The first kappa shape index (κ1) is 29.7. The molecule has 0 saturated carbocycles. The predicted molar refractivity (Wildman–Crippen MR) is 123 cm³/mol. The molecule has 0 heterocycles. The van der Waals surface area contributed by atoms with Gasteiger partial charge in [0.1, 0.15) is 17.2 Å². The van der Waals surface area contributed by atoms with Crippen molar-refractivity contribution in [1.29, 1.82) is 0 Å². The van der Waals surface area contributed by atoms with Crippen molar-refractivity contribution in [3.05, 3.63) is 0 Å². The molecule has 186 valence electrons. The molecule has 0 aliphatic rings. The monoisotopic (exact) mass is 457 g/mol. The van der Waals surface area contributed by atoms with E-state index >= 15 is 0 Å². The van der Waals surface area contributed by atoms with Crippen molar-refractivity contribution < 1.29 is 28.7 Å². The summed E-state index contributed by atoms with van der Waals surface area (Å²) in [5.74, 6) is -1.46. The lowest BCUT2D eigenvalue weighted by atomic mass is 9.86. The van der Waals surface area contributed by atoms with Gasteiger partial charge in [0.2, 0.25) is 5.91 Å². The zero-order valence-electron chi connectivity index (χ0n) is 21.4. The minimum atomic E-state index is -1.22. The molecule has 0 fully saturated rings. The van der Waals surface area contributed by atoms with Gasteiger partial charge in [-0.1, -0.05) is 27.7 Å². The van der Waals surface area contributed by atoms with Crippen LogP contribution in [0.3, 0.4) is 0 Å². The van der Waals surface area contributed by atoms with E-state index in [1.165, 1.54) is 0 Å². The lowest BCUT2D eigenvalue weighted by molar-refractivity contribution is -0.164. The Morgan fingerprint density at radius 2 is 1.34 bits per heavy atom. The minimum Gasteiger partial charge on any atom is -0.460 e. The Bertz CT molecular complexity index is 656. The molecule has 9 nitrogen and oxygen atoms in total. The van der Waals surface area contributed by atoms with E-state index in [0.29, 0.717) is 6.42 Å². The Balaban J connectivity index is 5.34. The topological polar surface area (TPSA) is 123 Å². The molecule has 2 atom stereocenters. The Morgan fingerprint density at radius 3 is 1.78 bits per heavy atom. The zero-order chi connectivity index (χ0) is 25.3. The summed E-state index contributed by atoms with van der Waals surface area (Å²) in [4.78, 5) is 49.5. The third-order valence-corrected chi connectivity index (χ3v) is 4.12. The van der Waals surface area contributed by atoms with Crippen LogP contribution in [-0.2, 0) is 23.9 Å². The van der Waals surface area contributed by atoms with Crippen LogP contribution in [0, 0.1) is 5.41 Å². The molecule has 9 heteroatoms. The minimum absolute atomic E-state index is 0.0967. The maximum Gasteiger partial charge on any atom is 0.329 e. The van der Waals surface area contributed by atoms with Gasteiger partial charge in [0.15, 0.2) is 0 Å². The fourth-order valence-corrected chi connectivity index (χ4v) is 2.58. The van der Waals surface area contributed by atoms with Gasteiger partial charge in [-0.25, -0.2) is 9.59 Å². The number of nitrogens with one attached hydrogen (secondary N) is 3. The van der Waals surface area contributed by atoms with Crippen LogP contribution in [-0.4, -0.2) is 53.7 Å². The van der Waals surface area contributed by atoms with Gasteiger partial charge in [0.05, 0.1) is 12.5 Å². The smallest absolute Gasteiger partial charge is 0.329 e. The molecule has 3 N–H and O–H groups in total. The van der Waals surface area contributed by atoms with Crippen LogP contribution >= 0.6 is 0 Å². The lowest BCUT2D eigenvalue weighted by Crippen LogP contribution is -2.56. The van der Waals surface area contributed by atoms with Crippen LogP contribution in [0.25, 0.3) is 0 Å². The number of hydrogen-bond donors (Lipinski definition) is 3. The second-order valence-corrected chi connectivity index (χ2v) is 11.0. The Kier molecular flexibility index (Phi) is 11.2. The van der Waals surface area contributed by atoms with Crippen LogP contribution in [0.1, 0.15) is 88.5 Å². The second-order valence-electron chi connectivity index (χ2n) is 11.0. The van der Waals surface area contributed by atoms with Crippen LogP contribution < -0.4 is 16.0 Å². The normalized spacial score (nSPS) is 14.1. The summed E-state index contributed by atoms with van der Waals surface area (Å²) in [6, 6.07) is -2.28. The molecule has 3 amide bonds. The van der Waals surface area contributed by atoms with E-state index in [9.17, 15) is 19.2 Å². The van der Waals surface area contributed by atoms with Crippen molar-refractivity contribution in [3.63, 3.8) is 0 Å². The molecule has 0 aliphatic carbocycles. The molecule has 0 bridgehead atoms. The van der Waals surface area contributed by atoms with Crippen LogP contribution in [0.5, 0.6) is 0 Å². The fourth-order valence-electron chi connectivity index (χ4n) is 2.58. The number of ether oxygens (including phenoxy) is 2. The number of urea groups is 1. The third-order valence-electron chi connectivity index (χ3n) is 4.12. The maximum absolute atomic E-state index is 12.7. The van der Waals surface area contributed by atoms with E-state index in [4.69, 9.17) is 9.47 Å². The van der Waals surface area contributed by atoms with Crippen molar-refractivity contribution in [1.82, 2.24) is 16.0 Å². The van der Waals surface area contributed by atoms with Gasteiger partial charge < -0.3 is 25.4 Å². The number of hydrogen-bond acceptors (Lipinski definition) is 6. The first-order valence-corrected chi connectivity index (χ1v) is 11.1. The van der Waals surface area contributed by atoms with Crippen molar-refractivity contribution >= 4 is 23.9 Å². The Morgan fingerprint density at radius 1 is 0.812 bits per heavy atom. The summed E-state index contributed by atoms with van der Waals surface area (Å²) in [6.45, 7) is 18.2. The Labute approximate surface area is 192 Å². The standard InChI is InChI=1S/C23H43N3O6/c1-11-12-17(27)24-14-16(21(2,3)4)26-20(30)25-15(19(29)32-23(8,9)10)13-18(28)31-22(5,6)7/h15-16H,11-14H2,1-10H3,(H,24,27)(H2,25,26,30)/t15-,16-/m0/s1. The lowest BCUT2D eigenvalue weighted by Gasteiger charge is -2.32. The first-order chi connectivity index (χ1) is 14.3. The number of carbonyl (C=O) groups is 4. The van der Waals surface area contributed by atoms with Crippen molar-refractivity contribution in [2.45, 2.75) is 112 Å². The van der Waals surface area contributed by atoms with Crippen LogP contribution in [0.15, 0.2) is 0 Å². The average molecular weight is 458 g/mol. The van der Waals surface area contributed by atoms with Gasteiger partial charge in [-0.2, -0.15) is 0 Å². The van der Waals surface area contributed by atoms with Gasteiger partial charge in [-0.05, 0) is 53.4 Å². The van der Waals surface area contributed by atoms with Gasteiger partial charge in [0, 0.05) is 13.0 Å². The number of carbonyl (C=O) groups excluding carboxylic acids is 4. The fraction of sp³-hybridized carbons (Fsp3) is 0.826. The third kappa shape index (κ3) is 13.9. The van der Waals surface area contributed by atoms with Crippen LogP contribution in [0.4, 0.5) is 4.79 Å². The number of esters is 2. The van der Waals surface area contributed by atoms with E-state index < -0.39 is 41.3 Å². The summed E-state index contributed by atoms with van der Waals surface area (Å²) in [6.07, 6.45) is 0.759. The largest absolute Gasteiger partial charge is 0.460 e. The number of rotatable bonds is 9.